The zero-order valence-corrected chi connectivity index (χ0v) is 14.6. The summed E-state index contributed by atoms with van der Waals surface area (Å²) in [4.78, 5) is 12.4. The summed E-state index contributed by atoms with van der Waals surface area (Å²) < 4.78 is 0. The van der Waals surface area contributed by atoms with E-state index in [4.69, 9.17) is 0 Å². The van der Waals surface area contributed by atoms with Gasteiger partial charge >= 0.3 is 0 Å². The van der Waals surface area contributed by atoms with Crippen molar-refractivity contribution in [3.63, 3.8) is 0 Å². The van der Waals surface area contributed by atoms with Crippen molar-refractivity contribution in [1.29, 1.82) is 0 Å². The predicted octanol–water partition coefficient (Wildman–Crippen LogP) is 5.07. The van der Waals surface area contributed by atoms with Crippen LogP contribution in [0.25, 0.3) is 0 Å². The zero-order valence-electron chi connectivity index (χ0n) is 13.6. The fourth-order valence-electron chi connectivity index (χ4n) is 2.23. The van der Waals surface area contributed by atoms with Crippen LogP contribution in [0.4, 0.5) is 0 Å². The Kier molecular flexibility index (Phi) is 4.19. The van der Waals surface area contributed by atoms with Crippen LogP contribution >= 0.6 is 0 Å². The molecule has 0 fully saturated rings. The Balaban J connectivity index is 2.30. The van der Waals surface area contributed by atoms with E-state index < -0.39 is 8.07 Å². The summed E-state index contributed by atoms with van der Waals surface area (Å²) in [6.07, 6.45) is 0. The highest BCUT2D eigenvalue weighted by Crippen LogP contribution is 2.33. The van der Waals surface area contributed by atoms with E-state index in [1.807, 2.05) is 42.5 Å². The number of ketones is 1. The van der Waals surface area contributed by atoms with E-state index in [2.05, 4.69) is 45.6 Å². The van der Waals surface area contributed by atoms with Gasteiger partial charge in [-0.3, -0.25) is 4.79 Å². The van der Waals surface area contributed by atoms with Gasteiger partial charge in [-0.1, -0.05) is 88.1 Å². The highest BCUT2D eigenvalue weighted by Gasteiger charge is 2.35. The molecule has 0 amide bonds. The SMILES string of the molecule is CC(C)(c1ccc(C(=O)c2ccccc2)cc1)[Si](C)(C)C. The first kappa shape index (κ1) is 15.7. The first-order valence-electron chi connectivity index (χ1n) is 7.44. The first-order valence-corrected chi connectivity index (χ1v) is 10.9. The van der Waals surface area contributed by atoms with Gasteiger partial charge in [0.1, 0.15) is 0 Å². The Morgan fingerprint density at radius 1 is 0.810 bits per heavy atom. The smallest absolute Gasteiger partial charge is 0.193 e. The van der Waals surface area contributed by atoms with Crippen LogP contribution in [-0.2, 0) is 5.04 Å². The Labute approximate surface area is 129 Å². The molecular weight excluding hydrogens is 272 g/mol. The molecule has 0 aliphatic rings. The molecule has 0 saturated heterocycles. The van der Waals surface area contributed by atoms with Crippen LogP contribution in [-0.4, -0.2) is 13.9 Å². The first-order chi connectivity index (χ1) is 9.73. The average Bonchev–Trinajstić information content (AvgIpc) is 2.46. The van der Waals surface area contributed by atoms with E-state index in [9.17, 15) is 4.79 Å². The number of carbonyl (C=O) groups is 1. The lowest BCUT2D eigenvalue weighted by Gasteiger charge is -2.37. The monoisotopic (exact) mass is 296 g/mol. The summed E-state index contributed by atoms with van der Waals surface area (Å²) in [5.41, 5.74) is 2.83. The zero-order chi connectivity index (χ0) is 15.7. The maximum absolute atomic E-state index is 12.4. The van der Waals surface area contributed by atoms with Gasteiger partial charge < -0.3 is 0 Å². The van der Waals surface area contributed by atoms with E-state index in [0.717, 1.165) is 11.1 Å². The lowest BCUT2D eigenvalue weighted by atomic mass is 9.97. The van der Waals surface area contributed by atoms with E-state index in [0.29, 0.717) is 0 Å². The third-order valence-electron chi connectivity index (χ3n) is 4.78. The van der Waals surface area contributed by atoms with Crippen LogP contribution in [0.5, 0.6) is 0 Å². The van der Waals surface area contributed by atoms with Crippen LogP contribution in [0.2, 0.25) is 19.6 Å². The molecule has 0 spiro atoms. The Morgan fingerprint density at radius 3 is 1.76 bits per heavy atom. The topological polar surface area (TPSA) is 17.1 Å². The minimum Gasteiger partial charge on any atom is -0.289 e. The lowest BCUT2D eigenvalue weighted by Crippen LogP contribution is -2.44. The average molecular weight is 296 g/mol. The summed E-state index contributed by atoms with van der Waals surface area (Å²) >= 11 is 0. The molecule has 0 aromatic heterocycles. The molecule has 2 aromatic carbocycles. The highest BCUT2D eigenvalue weighted by molar-refractivity contribution is 6.78. The van der Waals surface area contributed by atoms with Crippen molar-refractivity contribution >= 4 is 13.9 Å². The second-order valence-corrected chi connectivity index (χ2v) is 12.9. The summed E-state index contributed by atoms with van der Waals surface area (Å²) in [5.74, 6) is 0.0907. The van der Waals surface area contributed by atoms with Crippen molar-refractivity contribution in [3.05, 3.63) is 71.3 Å². The molecule has 0 aliphatic carbocycles. The quantitative estimate of drug-likeness (QED) is 0.568. The third kappa shape index (κ3) is 3.16. The molecule has 0 unspecified atom stereocenters. The van der Waals surface area contributed by atoms with Gasteiger partial charge in [-0.25, -0.2) is 0 Å². The van der Waals surface area contributed by atoms with Crippen molar-refractivity contribution < 1.29 is 4.79 Å². The second-order valence-electron chi connectivity index (χ2n) is 7.15. The predicted molar refractivity (Wildman–Crippen MR) is 92.7 cm³/mol. The fourth-order valence-corrected chi connectivity index (χ4v) is 3.26. The standard InChI is InChI=1S/C19H24OSi/c1-19(2,21(3,4)5)17-13-11-16(12-14-17)18(20)15-9-7-6-8-10-15/h6-14H,1-5H3. The Morgan fingerprint density at radius 2 is 1.29 bits per heavy atom. The van der Waals surface area contributed by atoms with Gasteiger partial charge in [0.15, 0.2) is 5.78 Å². The Hall–Kier alpha value is -1.67. The minimum absolute atomic E-state index is 0.0907. The van der Waals surface area contributed by atoms with Crippen molar-refractivity contribution in [1.82, 2.24) is 0 Å². The van der Waals surface area contributed by atoms with Gasteiger partial charge in [0, 0.05) is 11.1 Å². The fraction of sp³-hybridized carbons (Fsp3) is 0.316. The number of hydrogen-bond acceptors (Lipinski definition) is 1. The van der Waals surface area contributed by atoms with E-state index >= 15 is 0 Å². The molecule has 0 saturated carbocycles. The van der Waals surface area contributed by atoms with Crippen LogP contribution in [0.15, 0.2) is 54.6 Å². The highest BCUT2D eigenvalue weighted by atomic mass is 28.3. The molecule has 2 rings (SSSR count). The second kappa shape index (κ2) is 5.61. The molecule has 0 heterocycles. The van der Waals surface area contributed by atoms with Gasteiger partial charge in [0.2, 0.25) is 0 Å². The van der Waals surface area contributed by atoms with Gasteiger partial charge in [-0.05, 0) is 10.6 Å². The van der Waals surface area contributed by atoms with E-state index in [1.54, 1.807) is 0 Å². The molecule has 0 aliphatic heterocycles. The van der Waals surface area contributed by atoms with Crippen LogP contribution in [0.1, 0.15) is 35.3 Å². The van der Waals surface area contributed by atoms with Crippen LogP contribution in [0.3, 0.4) is 0 Å². The molecule has 0 N–H and O–H groups in total. The van der Waals surface area contributed by atoms with E-state index in [1.165, 1.54) is 5.56 Å². The molecular formula is C19H24OSi. The van der Waals surface area contributed by atoms with Gasteiger partial charge in [0.05, 0.1) is 8.07 Å². The summed E-state index contributed by atoms with van der Waals surface area (Å²) in [6, 6.07) is 17.6. The number of benzene rings is 2. The van der Waals surface area contributed by atoms with Crippen LogP contribution < -0.4 is 0 Å². The van der Waals surface area contributed by atoms with Crippen LogP contribution in [0, 0.1) is 0 Å². The van der Waals surface area contributed by atoms with Crippen molar-refractivity contribution in [3.8, 4) is 0 Å². The largest absolute Gasteiger partial charge is 0.289 e. The number of rotatable bonds is 4. The summed E-state index contributed by atoms with van der Waals surface area (Å²) in [7, 11) is -1.32. The molecule has 2 heteroatoms. The molecule has 1 nitrogen and oxygen atoms in total. The summed E-state index contributed by atoms with van der Waals surface area (Å²) in [5, 5.41) is 0.196. The normalized spacial score (nSPS) is 12.2. The maximum Gasteiger partial charge on any atom is 0.193 e. The van der Waals surface area contributed by atoms with Gasteiger partial charge in [0.25, 0.3) is 0 Å². The van der Waals surface area contributed by atoms with Crippen molar-refractivity contribution in [2.45, 2.75) is 38.5 Å². The third-order valence-corrected chi connectivity index (χ3v) is 8.82. The molecule has 110 valence electrons. The minimum atomic E-state index is -1.32. The maximum atomic E-state index is 12.4. The van der Waals surface area contributed by atoms with Gasteiger partial charge in [-0.2, -0.15) is 0 Å². The molecule has 21 heavy (non-hydrogen) atoms. The molecule has 0 atom stereocenters. The number of carbonyl (C=O) groups excluding carboxylic acids is 1. The lowest BCUT2D eigenvalue weighted by molar-refractivity contribution is 0.103. The van der Waals surface area contributed by atoms with Crippen molar-refractivity contribution in [2.75, 3.05) is 0 Å². The Bertz CT molecular complexity index is 619. The van der Waals surface area contributed by atoms with Crippen molar-refractivity contribution in [2.24, 2.45) is 0 Å². The molecule has 2 aromatic rings. The molecule has 0 radical (unpaired) electrons. The number of hydrogen-bond donors (Lipinski definition) is 0. The van der Waals surface area contributed by atoms with Gasteiger partial charge in [-0.15, -0.1) is 0 Å². The summed E-state index contributed by atoms with van der Waals surface area (Å²) in [6.45, 7) is 11.8. The molecule has 0 bridgehead atoms. The van der Waals surface area contributed by atoms with E-state index in [-0.39, 0.29) is 10.8 Å².